The van der Waals surface area contributed by atoms with Crippen molar-refractivity contribution in [2.24, 2.45) is 0 Å². The normalized spacial score (nSPS) is 29.4. The van der Waals surface area contributed by atoms with Crippen LogP contribution in [-0.4, -0.2) is 36.1 Å². The van der Waals surface area contributed by atoms with E-state index in [1.165, 1.54) is 6.07 Å². The molecular weight excluding hydrogens is 264 g/mol. The maximum atomic E-state index is 13.1. The van der Waals surface area contributed by atoms with E-state index < -0.39 is 17.6 Å². The van der Waals surface area contributed by atoms with Crippen molar-refractivity contribution in [1.29, 1.82) is 0 Å². The highest BCUT2D eigenvalue weighted by Crippen LogP contribution is 2.35. The van der Waals surface area contributed by atoms with Gasteiger partial charge in [-0.15, -0.1) is 0 Å². The molecule has 0 radical (unpaired) electrons. The Hall–Kier alpha value is -1.49. The number of benzene rings is 1. The van der Waals surface area contributed by atoms with E-state index >= 15 is 0 Å². The molecule has 0 N–H and O–H groups in total. The maximum Gasteiger partial charge on any atom is 0.338 e. The molecule has 0 saturated carbocycles. The summed E-state index contributed by atoms with van der Waals surface area (Å²) in [5, 5.41) is 0. The third-order valence-electron chi connectivity index (χ3n) is 4.48. The predicted octanol–water partition coefficient (Wildman–Crippen LogP) is 2.75. The third-order valence-corrected chi connectivity index (χ3v) is 4.48. The number of nitrogens with zero attached hydrogens (tertiary/aromatic N) is 1. The minimum absolute atomic E-state index is 0.0650. The van der Waals surface area contributed by atoms with Crippen LogP contribution in [0.5, 0.6) is 0 Å². The van der Waals surface area contributed by atoms with Crippen LogP contribution in [0.2, 0.25) is 0 Å². The molecule has 3 rings (SSSR count). The monoisotopic (exact) mass is 281 g/mol. The molecule has 20 heavy (non-hydrogen) atoms. The lowest BCUT2D eigenvalue weighted by Gasteiger charge is -2.35. The van der Waals surface area contributed by atoms with Crippen molar-refractivity contribution in [1.82, 2.24) is 4.90 Å². The Balaban J connectivity index is 1.66. The van der Waals surface area contributed by atoms with Crippen LogP contribution < -0.4 is 0 Å². The summed E-state index contributed by atoms with van der Waals surface area (Å²) in [5.74, 6) is -2.56. The highest BCUT2D eigenvalue weighted by Gasteiger charge is 2.39. The number of halogens is 2. The van der Waals surface area contributed by atoms with Crippen LogP contribution in [0.1, 0.15) is 36.0 Å². The van der Waals surface area contributed by atoms with Crippen molar-refractivity contribution in [2.45, 2.75) is 43.9 Å². The summed E-state index contributed by atoms with van der Waals surface area (Å²) >= 11 is 0. The quantitative estimate of drug-likeness (QED) is 0.781. The number of piperidine rings is 1. The van der Waals surface area contributed by atoms with Gasteiger partial charge < -0.3 is 9.64 Å². The topological polar surface area (TPSA) is 29.5 Å². The molecule has 2 heterocycles. The molecule has 1 aromatic rings. The van der Waals surface area contributed by atoms with Gasteiger partial charge in [0.25, 0.3) is 0 Å². The largest absolute Gasteiger partial charge is 0.459 e. The Morgan fingerprint density at radius 3 is 2.45 bits per heavy atom. The fourth-order valence-electron chi connectivity index (χ4n) is 3.30. The molecule has 2 aliphatic rings. The maximum absolute atomic E-state index is 13.1. The van der Waals surface area contributed by atoms with Crippen molar-refractivity contribution in [3.05, 3.63) is 35.4 Å². The highest BCUT2D eigenvalue weighted by atomic mass is 19.2. The van der Waals surface area contributed by atoms with E-state index in [0.717, 1.165) is 37.8 Å². The standard InChI is InChI=1S/C15H17F2NO2/c1-18-10-3-4-11(18)8-12(7-10)20-15(19)9-2-5-13(16)14(17)6-9/h2,5-6,10-12H,3-4,7-8H2,1H3/t10-,11+,12?. The number of carbonyl (C=O) groups is 1. The molecule has 2 fully saturated rings. The molecule has 0 spiro atoms. The molecule has 2 bridgehead atoms. The average molecular weight is 281 g/mol. The highest BCUT2D eigenvalue weighted by molar-refractivity contribution is 5.89. The molecule has 108 valence electrons. The van der Waals surface area contributed by atoms with Crippen LogP contribution in [0.4, 0.5) is 8.78 Å². The van der Waals surface area contributed by atoms with E-state index in [2.05, 4.69) is 11.9 Å². The van der Waals surface area contributed by atoms with E-state index in [1.807, 2.05) is 0 Å². The number of fused-ring (bicyclic) bond motifs is 2. The first-order valence-electron chi connectivity index (χ1n) is 6.92. The fourth-order valence-corrected chi connectivity index (χ4v) is 3.30. The van der Waals surface area contributed by atoms with Gasteiger partial charge in [-0.3, -0.25) is 0 Å². The molecule has 0 aromatic heterocycles. The Bertz CT molecular complexity index is 521. The zero-order valence-corrected chi connectivity index (χ0v) is 11.3. The van der Waals surface area contributed by atoms with E-state index in [0.29, 0.717) is 12.1 Å². The Kier molecular flexibility index (Phi) is 3.46. The summed E-state index contributed by atoms with van der Waals surface area (Å²) in [4.78, 5) is 14.3. The van der Waals surface area contributed by atoms with Crippen molar-refractivity contribution < 1.29 is 18.3 Å². The fraction of sp³-hybridized carbons (Fsp3) is 0.533. The number of ether oxygens (including phenoxy) is 1. The third kappa shape index (κ3) is 2.42. The van der Waals surface area contributed by atoms with Crippen molar-refractivity contribution >= 4 is 5.97 Å². The summed E-state index contributed by atoms with van der Waals surface area (Å²) in [6, 6.07) is 4.03. The van der Waals surface area contributed by atoms with Gasteiger partial charge in [-0.2, -0.15) is 0 Å². The molecule has 3 nitrogen and oxygen atoms in total. The number of hydrogen-bond acceptors (Lipinski definition) is 3. The lowest BCUT2D eigenvalue weighted by molar-refractivity contribution is -0.000496. The predicted molar refractivity (Wildman–Crippen MR) is 69.4 cm³/mol. The number of esters is 1. The lowest BCUT2D eigenvalue weighted by Crippen LogP contribution is -2.43. The summed E-state index contributed by atoms with van der Waals surface area (Å²) in [6.45, 7) is 0. The SMILES string of the molecule is CN1[C@@H]2CC[C@H]1CC(OC(=O)c1ccc(F)c(F)c1)C2. The minimum atomic E-state index is -1.03. The van der Waals surface area contributed by atoms with Crippen LogP contribution in [-0.2, 0) is 4.74 Å². The van der Waals surface area contributed by atoms with Crippen molar-refractivity contribution in [3.63, 3.8) is 0 Å². The zero-order valence-electron chi connectivity index (χ0n) is 11.3. The van der Waals surface area contributed by atoms with Gasteiger partial charge in [0.2, 0.25) is 0 Å². The Labute approximate surface area is 116 Å². The number of rotatable bonds is 2. The smallest absolute Gasteiger partial charge is 0.338 e. The van der Waals surface area contributed by atoms with Crippen LogP contribution in [0, 0.1) is 11.6 Å². The summed E-state index contributed by atoms with van der Waals surface area (Å²) in [7, 11) is 2.11. The lowest BCUT2D eigenvalue weighted by atomic mass is 10.0. The number of hydrogen-bond donors (Lipinski definition) is 0. The molecule has 1 unspecified atom stereocenters. The molecule has 2 aliphatic heterocycles. The first kappa shape index (κ1) is 13.5. The average Bonchev–Trinajstić information content (AvgIpc) is 2.64. The van der Waals surface area contributed by atoms with E-state index in [-0.39, 0.29) is 11.7 Å². The van der Waals surface area contributed by atoms with Crippen LogP contribution in [0.25, 0.3) is 0 Å². The summed E-state index contributed by atoms with van der Waals surface area (Å²) in [5.41, 5.74) is 0.0650. The summed E-state index contributed by atoms with van der Waals surface area (Å²) in [6.07, 6.45) is 3.80. The molecule has 3 atom stereocenters. The van der Waals surface area contributed by atoms with Gasteiger partial charge in [-0.25, -0.2) is 13.6 Å². The molecule has 0 aliphatic carbocycles. The second-order valence-electron chi connectivity index (χ2n) is 5.68. The summed E-state index contributed by atoms with van der Waals surface area (Å²) < 4.78 is 31.4. The Morgan fingerprint density at radius 2 is 1.85 bits per heavy atom. The van der Waals surface area contributed by atoms with Gasteiger partial charge in [0.05, 0.1) is 5.56 Å². The van der Waals surface area contributed by atoms with Crippen LogP contribution >= 0.6 is 0 Å². The van der Waals surface area contributed by atoms with E-state index in [4.69, 9.17) is 4.74 Å². The van der Waals surface area contributed by atoms with Gasteiger partial charge in [0, 0.05) is 24.9 Å². The molecule has 5 heteroatoms. The van der Waals surface area contributed by atoms with Gasteiger partial charge in [-0.05, 0) is 38.1 Å². The van der Waals surface area contributed by atoms with E-state index in [9.17, 15) is 13.6 Å². The first-order valence-corrected chi connectivity index (χ1v) is 6.92. The van der Waals surface area contributed by atoms with Crippen molar-refractivity contribution in [3.8, 4) is 0 Å². The number of carbonyl (C=O) groups excluding carboxylic acids is 1. The van der Waals surface area contributed by atoms with Crippen molar-refractivity contribution in [2.75, 3.05) is 7.05 Å². The van der Waals surface area contributed by atoms with E-state index in [1.54, 1.807) is 0 Å². The van der Waals surface area contributed by atoms with Crippen LogP contribution in [0.15, 0.2) is 18.2 Å². The van der Waals surface area contributed by atoms with Gasteiger partial charge in [0.1, 0.15) is 6.10 Å². The first-order chi connectivity index (χ1) is 9.54. The van der Waals surface area contributed by atoms with Gasteiger partial charge >= 0.3 is 5.97 Å². The minimum Gasteiger partial charge on any atom is -0.459 e. The van der Waals surface area contributed by atoms with Gasteiger partial charge in [0.15, 0.2) is 11.6 Å². The molecule has 2 saturated heterocycles. The molecular formula is C15H17F2NO2. The zero-order chi connectivity index (χ0) is 14.3. The molecule has 1 aromatic carbocycles. The van der Waals surface area contributed by atoms with Gasteiger partial charge in [-0.1, -0.05) is 0 Å². The molecule has 0 amide bonds. The van der Waals surface area contributed by atoms with Crippen LogP contribution in [0.3, 0.4) is 0 Å². The Morgan fingerprint density at radius 1 is 1.20 bits per heavy atom. The second kappa shape index (κ2) is 5.13. The second-order valence-corrected chi connectivity index (χ2v) is 5.68.